The Hall–Kier alpha value is -1.04. The van der Waals surface area contributed by atoms with Gasteiger partial charge in [0, 0.05) is 16.5 Å². The Morgan fingerprint density at radius 1 is 1.32 bits per heavy atom. The van der Waals surface area contributed by atoms with E-state index in [1.165, 1.54) is 0 Å². The van der Waals surface area contributed by atoms with Gasteiger partial charge in [-0.25, -0.2) is 0 Å². The smallest absolute Gasteiger partial charge is 0.154 e. The molecule has 0 bridgehead atoms. The molecule has 0 amide bonds. The molecule has 0 aliphatic carbocycles. The maximum Gasteiger partial charge on any atom is 0.154 e. The number of carbonyl (C=O) groups is 1. The summed E-state index contributed by atoms with van der Waals surface area (Å²) in [5, 5.41) is 10.1. The fourth-order valence-corrected chi connectivity index (χ4v) is 2.44. The van der Waals surface area contributed by atoms with Crippen LogP contribution in [-0.4, -0.2) is 5.78 Å². The molecule has 0 N–H and O–H groups in total. The Bertz CT molecular complexity index is 480. The number of ketones is 1. The maximum absolute atomic E-state index is 12.1. The van der Waals surface area contributed by atoms with E-state index in [9.17, 15) is 10.1 Å². The zero-order valence-electron chi connectivity index (χ0n) is 11.0. The minimum atomic E-state index is -0.786. The number of hydrogen-bond acceptors (Lipinski definition) is 2. The van der Waals surface area contributed by atoms with Crippen molar-refractivity contribution in [2.75, 3.05) is 0 Å². The van der Waals surface area contributed by atoms with Gasteiger partial charge in [0.1, 0.15) is 5.92 Å². The van der Waals surface area contributed by atoms with E-state index in [1.54, 1.807) is 18.2 Å². The Morgan fingerprint density at radius 3 is 2.63 bits per heavy atom. The van der Waals surface area contributed by atoms with Crippen molar-refractivity contribution in [1.82, 2.24) is 0 Å². The molecule has 0 spiro atoms. The summed E-state index contributed by atoms with van der Waals surface area (Å²) in [5.41, 5.74) is 0.550. The molecule has 0 heterocycles. The molecular weight excluding hydrogens is 281 g/mol. The predicted octanol–water partition coefficient (Wildman–Crippen LogP) is 5.14. The third-order valence-corrected chi connectivity index (χ3v) is 3.56. The second kappa shape index (κ2) is 8.19. The van der Waals surface area contributed by atoms with Crippen molar-refractivity contribution in [2.45, 2.75) is 44.9 Å². The van der Waals surface area contributed by atoms with E-state index in [0.717, 1.165) is 25.7 Å². The van der Waals surface area contributed by atoms with Crippen molar-refractivity contribution < 1.29 is 4.79 Å². The predicted molar refractivity (Wildman–Crippen MR) is 78.6 cm³/mol. The highest BCUT2D eigenvalue weighted by Crippen LogP contribution is 2.29. The first-order chi connectivity index (χ1) is 9.10. The van der Waals surface area contributed by atoms with E-state index >= 15 is 0 Å². The van der Waals surface area contributed by atoms with Crippen molar-refractivity contribution in [1.29, 1.82) is 5.26 Å². The quantitative estimate of drug-likeness (QED) is 0.654. The van der Waals surface area contributed by atoms with Gasteiger partial charge in [-0.15, -0.1) is 0 Å². The highest BCUT2D eigenvalue weighted by atomic mass is 35.5. The minimum Gasteiger partial charge on any atom is -0.298 e. The average Bonchev–Trinajstić information content (AvgIpc) is 2.38. The first-order valence-electron chi connectivity index (χ1n) is 6.47. The second-order valence-corrected chi connectivity index (χ2v) is 5.35. The van der Waals surface area contributed by atoms with Crippen LogP contribution in [0.5, 0.6) is 0 Å². The van der Waals surface area contributed by atoms with Crippen LogP contribution in [0.4, 0.5) is 0 Å². The van der Waals surface area contributed by atoms with E-state index < -0.39 is 5.92 Å². The third-order valence-electron chi connectivity index (χ3n) is 3.00. The van der Waals surface area contributed by atoms with Gasteiger partial charge < -0.3 is 0 Å². The summed E-state index contributed by atoms with van der Waals surface area (Å²) >= 11 is 11.9. The minimum absolute atomic E-state index is 0.0668. The van der Waals surface area contributed by atoms with Crippen LogP contribution in [0.25, 0.3) is 0 Å². The molecule has 102 valence electrons. The van der Waals surface area contributed by atoms with Gasteiger partial charge in [-0.05, 0) is 24.1 Å². The first-order valence-corrected chi connectivity index (χ1v) is 7.23. The Balaban J connectivity index is 2.72. The molecule has 1 unspecified atom stereocenters. The lowest BCUT2D eigenvalue weighted by molar-refractivity contribution is -0.119. The topological polar surface area (TPSA) is 40.9 Å². The number of nitriles is 1. The monoisotopic (exact) mass is 297 g/mol. The van der Waals surface area contributed by atoms with Crippen LogP contribution in [-0.2, 0) is 4.79 Å². The molecule has 19 heavy (non-hydrogen) atoms. The summed E-state index contributed by atoms with van der Waals surface area (Å²) in [6.45, 7) is 2.12. The zero-order chi connectivity index (χ0) is 14.3. The standard InChI is InChI=1S/C15H17Cl2NO/c1-2-3-4-5-6-15(19)13(10-18)12-8-7-11(16)9-14(12)17/h7-9,13H,2-6H2,1H3. The Labute approximate surface area is 124 Å². The SMILES string of the molecule is CCCCCCC(=O)C(C#N)c1ccc(Cl)cc1Cl. The van der Waals surface area contributed by atoms with Crippen molar-refractivity contribution in [3.63, 3.8) is 0 Å². The average molecular weight is 298 g/mol. The van der Waals surface area contributed by atoms with Gasteiger partial charge >= 0.3 is 0 Å². The molecule has 4 heteroatoms. The Morgan fingerprint density at radius 2 is 2.05 bits per heavy atom. The highest BCUT2D eigenvalue weighted by Gasteiger charge is 2.22. The number of halogens is 2. The Kier molecular flexibility index (Phi) is 6.91. The van der Waals surface area contributed by atoms with E-state index in [1.807, 2.05) is 6.07 Å². The molecule has 1 aromatic rings. The molecule has 0 aliphatic rings. The number of carbonyl (C=O) groups excluding carboxylic acids is 1. The zero-order valence-corrected chi connectivity index (χ0v) is 12.5. The molecule has 0 saturated heterocycles. The van der Waals surface area contributed by atoms with Crippen LogP contribution >= 0.6 is 23.2 Å². The fraction of sp³-hybridized carbons (Fsp3) is 0.467. The summed E-state index contributed by atoms with van der Waals surface area (Å²) in [5.74, 6) is -0.853. The summed E-state index contributed by atoms with van der Waals surface area (Å²) < 4.78 is 0. The van der Waals surface area contributed by atoms with Crippen LogP contribution in [0, 0.1) is 11.3 Å². The molecule has 2 nitrogen and oxygen atoms in total. The third kappa shape index (κ3) is 4.86. The molecule has 0 fully saturated rings. The largest absolute Gasteiger partial charge is 0.298 e. The molecule has 0 radical (unpaired) electrons. The number of hydrogen-bond donors (Lipinski definition) is 0. The molecule has 1 atom stereocenters. The van der Waals surface area contributed by atoms with Gasteiger partial charge in [-0.3, -0.25) is 4.79 Å². The van der Waals surface area contributed by atoms with Crippen LogP contribution in [0.15, 0.2) is 18.2 Å². The van der Waals surface area contributed by atoms with Gasteiger partial charge in [0.15, 0.2) is 5.78 Å². The van der Waals surface area contributed by atoms with Gasteiger partial charge in [0.2, 0.25) is 0 Å². The lowest BCUT2D eigenvalue weighted by Gasteiger charge is -2.10. The van der Waals surface area contributed by atoms with Gasteiger partial charge in [-0.2, -0.15) is 5.26 Å². The van der Waals surface area contributed by atoms with E-state index in [2.05, 4.69) is 6.92 Å². The van der Waals surface area contributed by atoms with Gasteiger partial charge in [0.25, 0.3) is 0 Å². The molecule has 0 aliphatic heterocycles. The first kappa shape index (κ1) is 16.0. The van der Waals surface area contributed by atoms with Gasteiger partial charge in [0.05, 0.1) is 6.07 Å². The van der Waals surface area contributed by atoms with E-state index in [0.29, 0.717) is 22.0 Å². The number of nitrogens with zero attached hydrogens (tertiary/aromatic N) is 1. The van der Waals surface area contributed by atoms with E-state index in [4.69, 9.17) is 23.2 Å². The van der Waals surface area contributed by atoms with Gasteiger partial charge in [-0.1, -0.05) is 55.5 Å². The molecule has 1 aromatic carbocycles. The summed E-state index contributed by atoms with van der Waals surface area (Å²) in [6.07, 6.45) is 4.52. The summed E-state index contributed by atoms with van der Waals surface area (Å²) in [4.78, 5) is 12.1. The number of Topliss-reactive ketones (excluding diaryl/α,β-unsaturated/α-hetero) is 1. The van der Waals surface area contributed by atoms with Crippen molar-refractivity contribution >= 4 is 29.0 Å². The lowest BCUT2D eigenvalue weighted by atomic mass is 9.93. The highest BCUT2D eigenvalue weighted by molar-refractivity contribution is 6.35. The van der Waals surface area contributed by atoms with Crippen LogP contribution in [0.1, 0.15) is 50.5 Å². The maximum atomic E-state index is 12.1. The van der Waals surface area contributed by atoms with Crippen LogP contribution in [0.3, 0.4) is 0 Å². The normalized spacial score (nSPS) is 11.9. The van der Waals surface area contributed by atoms with Crippen LogP contribution < -0.4 is 0 Å². The number of rotatable bonds is 7. The van der Waals surface area contributed by atoms with Crippen molar-refractivity contribution in [3.05, 3.63) is 33.8 Å². The van der Waals surface area contributed by atoms with E-state index in [-0.39, 0.29) is 5.78 Å². The molecule has 1 rings (SSSR count). The fourth-order valence-electron chi connectivity index (χ4n) is 1.92. The van der Waals surface area contributed by atoms with Crippen molar-refractivity contribution in [3.8, 4) is 6.07 Å². The number of benzene rings is 1. The molecule has 0 saturated carbocycles. The summed E-state index contributed by atoms with van der Waals surface area (Å²) in [7, 11) is 0. The summed E-state index contributed by atoms with van der Waals surface area (Å²) in [6, 6.07) is 6.91. The number of unbranched alkanes of at least 4 members (excludes halogenated alkanes) is 3. The van der Waals surface area contributed by atoms with Crippen LogP contribution in [0.2, 0.25) is 10.0 Å². The lowest BCUT2D eigenvalue weighted by Crippen LogP contribution is -2.11. The second-order valence-electron chi connectivity index (χ2n) is 4.50. The van der Waals surface area contributed by atoms with Crippen molar-refractivity contribution in [2.24, 2.45) is 0 Å². The molecule has 0 aromatic heterocycles. The molecular formula is C15H17Cl2NO.